The molecule has 5 rings (SSSR count). The number of hydrogen-bond donors (Lipinski definition) is 3. The average molecular weight is 628 g/mol. The number of nitrogens with one attached hydrogen (secondary N) is 2. The summed E-state index contributed by atoms with van der Waals surface area (Å²) < 4.78 is 34.8. The van der Waals surface area contributed by atoms with Crippen molar-refractivity contribution in [3.05, 3.63) is 108 Å². The monoisotopic (exact) mass is 627 g/mol. The molecule has 0 aromatic heterocycles. The largest absolute Gasteiger partial charge is 0.497 e. The number of carbonyl (C=O) groups is 2. The van der Waals surface area contributed by atoms with Gasteiger partial charge in [0.05, 0.1) is 18.6 Å². The molecule has 4 N–H and O–H groups in total. The quantitative estimate of drug-likeness (QED) is 0.117. The van der Waals surface area contributed by atoms with Crippen LogP contribution in [0.2, 0.25) is 0 Å². The molecule has 1 saturated heterocycles. The molecule has 1 aliphatic rings. The number of aryl methyl sites for hydroxylation is 1. The Balaban J connectivity index is 1.37. The van der Waals surface area contributed by atoms with E-state index >= 15 is 0 Å². The fourth-order valence-electron chi connectivity index (χ4n) is 5.56. The maximum absolute atomic E-state index is 14.2. The predicted octanol–water partition coefficient (Wildman–Crippen LogP) is 3.67. The molecule has 0 unspecified atom stereocenters. The Bertz CT molecular complexity index is 1810. The SMILES string of the molecule is COc1ccc2ccc(S(=O)(=O)N(CC(=O)NCCCc3ccccc3)[C@H]3CCN(Cc4cccc(C(=N)N)c4)C3=O)cc2c1. The highest BCUT2D eigenvalue weighted by molar-refractivity contribution is 7.89. The predicted molar refractivity (Wildman–Crippen MR) is 173 cm³/mol. The molecule has 4 aromatic rings. The molecule has 45 heavy (non-hydrogen) atoms. The third-order valence-electron chi connectivity index (χ3n) is 7.96. The number of amidine groups is 1. The maximum atomic E-state index is 14.2. The number of fused-ring (bicyclic) bond motifs is 1. The van der Waals surface area contributed by atoms with Gasteiger partial charge >= 0.3 is 0 Å². The summed E-state index contributed by atoms with van der Waals surface area (Å²) in [6, 6.07) is 26.0. The Morgan fingerprint density at radius 1 is 1.00 bits per heavy atom. The van der Waals surface area contributed by atoms with Crippen molar-refractivity contribution in [1.82, 2.24) is 14.5 Å². The highest BCUT2D eigenvalue weighted by Crippen LogP contribution is 2.29. The molecule has 0 aliphatic carbocycles. The van der Waals surface area contributed by atoms with Crippen molar-refractivity contribution in [2.24, 2.45) is 5.73 Å². The summed E-state index contributed by atoms with van der Waals surface area (Å²) in [5, 5.41) is 12.0. The zero-order valence-corrected chi connectivity index (χ0v) is 25.9. The lowest BCUT2D eigenvalue weighted by atomic mass is 10.1. The van der Waals surface area contributed by atoms with E-state index in [4.69, 9.17) is 15.9 Å². The van der Waals surface area contributed by atoms with Gasteiger partial charge in [0.15, 0.2) is 0 Å². The number of amides is 2. The fraction of sp³-hybridized carbons (Fsp3) is 0.265. The zero-order valence-electron chi connectivity index (χ0n) is 25.1. The van der Waals surface area contributed by atoms with E-state index in [1.54, 1.807) is 47.4 Å². The molecular formula is C34H37N5O5S. The van der Waals surface area contributed by atoms with Gasteiger partial charge in [0.1, 0.15) is 17.6 Å². The van der Waals surface area contributed by atoms with E-state index in [-0.39, 0.29) is 29.6 Å². The lowest BCUT2D eigenvalue weighted by molar-refractivity contribution is -0.131. The lowest BCUT2D eigenvalue weighted by Gasteiger charge is -2.27. The maximum Gasteiger partial charge on any atom is 0.244 e. The van der Waals surface area contributed by atoms with Gasteiger partial charge in [-0.05, 0) is 71.5 Å². The van der Waals surface area contributed by atoms with Crippen LogP contribution in [-0.4, -0.2) is 68.1 Å². The summed E-state index contributed by atoms with van der Waals surface area (Å²) in [4.78, 5) is 28.5. The van der Waals surface area contributed by atoms with Gasteiger partial charge in [-0.1, -0.05) is 60.7 Å². The number of rotatable bonds is 13. The van der Waals surface area contributed by atoms with Crippen molar-refractivity contribution in [2.75, 3.05) is 26.7 Å². The lowest BCUT2D eigenvalue weighted by Crippen LogP contribution is -2.49. The van der Waals surface area contributed by atoms with E-state index in [9.17, 15) is 18.0 Å². The van der Waals surface area contributed by atoms with Gasteiger partial charge in [-0.3, -0.25) is 15.0 Å². The molecule has 10 nitrogen and oxygen atoms in total. The minimum Gasteiger partial charge on any atom is -0.497 e. The first kappa shape index (κ1) is 31.7. The number of ether oxygens (including phenoxy) is 1. The minimum absolute atomic E-state index is 0.0134. The molecule has 1 aliphatic heterocycles. The molecule has 2 amide bonds. The molecule has 234 valence electrons. The molecule has 1 heterocycles. The Hall–Kier alpha value is -4.74. The molecule has 0 radical (unpaired) electrons. The van der Waals surface area contributed by atoms with Gasteiger partial charge in [-0.25, -0.2) is 8.42 Å². The van der Waals surface area contributed by atoms with Gasteiger partial charge in [0.25, 0.3) is 0 Å². The number of benzene rings is 4. The minimum atomic E-state index is -4.27. The van der Waals surface area contributed by atoms with E-state index in [0.29, 0.717) is 36.2 Å². The first-order chi connectivity index (χ1) is 21.7. The van der Waals surface area contributed by atoms with Crippen LogP contribution in [0.25, 0.3) is 10.8 Å². The molecule has 1 atom stereocenters. The van der Waals surface area contributed by atoms with Crippen LogP contribution in [0, 0.1) is 5.41 Å². The Labute approximate surface area is 263 Å². The van der Waals surface area contributed by atoms with E-state index < -0.39 is 28.5 Å². The highest BCUT2D eigenvalue weighted by atomic mass is 32.2. The molecule has 11 heteroatoms. The molecular weight excluding hydrogens is 590 g/mol. The van der Waals surface area contributed by atoms with E-state index in [1.807, 2.05) is 42.5 Å². The van der Waals surface area contributed by atoms with Crippen LogP contribution in [0.15, 0.2) is 95.9 Å². The number of nitrogen functional groups attached to an aromatic ring is 1. The number of hydrogen-bond acceptors (Lipinski definition) is 6. The number of nitrogens with zero attached hydrogens (tertiary/aromatic N) is 2. The van der Waals surface area contributed by atoms with Crippen LogP contribution in [0.3, 0.4) is 0 Å². The summed E-state index contributed by atoms with van der Waals surface area (Å²) in [5.41, 5.74) is 8.09. The number of methoxy groups -OCH3 is 1. The summed E-state index contributed by atoms with van der Waals surface area (Å²) >= 11 is 0. The third kappa shape index (κ3) is 7.50. The van der Waals surface area contributed by atoms with E-state index in [1.165, 1.54) is 13.2 Å². The van der Waals surface area contributed by atoms with Crippen LogP contribution >= 0.6 is 0 Å². The van der Waals surface area contributed by atoms with Crippen LogP contribution in [0.1, 0.15) is 29.5 Å². The summed E-state index contributed by atoms with van der Waals surface area (Å²) in [6.07, 6.45) is 1.68. The van der Waals surface area contributed by atoms with Crippen molar-refractivity contribution < 1.29 is 22.7 Å². The second-order valence-corrected chi connectivity index (χ2v) is 12.9. The number of likely N-dealkylation sites (tertiary alicyclic amines) is 1. The van der Waals surface area contributed by atoms with Gasteiger partial charge in [-0.15, -0.1) is 0 Å². The zero-order chi connectivity index (χ0) is 32.0. The Kier molecular flexibility index (Phi) is 9.80. The van der Waals surface area contributed by atoms with Crippen molar-refractivity contribution in [2.45, 2.75) is 36.7 Å². The second-order valence-electron chi connectivity index (χ2n) is 11.0. The van der Waals surface area contributed by atoms with Crippen LogP contribution < -0.4 is 15.8 Å². The molecule has 0 saturated carbocycles. The van der Waals surface area contributed by atoms with Gasteiger partial charge in [-0.2, -0.15) is 4.31 Å². The number of sulfonamides is 1. The average Bonchev–Trinajstić information content (AvgIpc) is 3.40. The molecule has 1 fully saturated rings. The summed E-state index contributed by atoms with van der Waals surface area (Å²) in [7, 11) is -2.73. The number of carbonyl (C=O) groups excluding carboxylic acids is 2. The van der Waals surface area contributed by atoms with Crippen molar-refractivity contribution in [3.8, 4) is 5.75 Å². The first-order valence-electron chi connectivity index (χ1n) is 14.8. The van der Waals surface area contributed by atoms with Crippen molar-refractivity contribution >= 4 is 38.4 Å². The molecule has 0 spiro atoms. The summed E-state index contributed by atoms with van der Waals surface area (Å²) in [5.74, 6) is -0.359. The molecule has 4 aromatic carbocycles. The third-order valence-corrected chi connectivity index (χ3v) is 9.81. The summed E-state index contributed by atoms with van der Waals surface area (Å²) in [6.45, 7) is 0.418. The second kappa shape index (κ2) is 13.9. The van der Waals surface area contributed by atoms with Gasteiger partial charge in [0.2, 0.25) is 21.8 Å². The van der Waals surface area contributed by atoms with Crippen LogP contribution in [-0.2, 0) is 32.6 Å². The van der Waals surface area contributed by atoms with Crippen molar-refractivity contribution in [1.29, 1.82) is 5.41 Å². The van der Waals surface area contributed by atoms with E-state index in [0.717, 1.165) is 27.2 Å². The van der Waals surface area contributed by atoms with Gasteiger partial charge < -0.3 is 20.7 Å². The first-order valence-corrected chi connectivity index (χ1v) is 16.2. The van der Waals surface area contributed by atoms with Crippen molar-refractivity contribution in [3.63, 3.8) is 0 Å². The molecule has 0 bridgehead atoms. The fourth-order valence-corrected chi connectivity index (χ4v) is 7.16. The normalized spacial score (nSPS) is 15.0. The highest BCUT2D eigenvalue weighted by Gasteiger charge is 2.43. The van der Waals surface area contributed by atoms with Gasteiger partial charge in [0, 0.05) is 25.2 Å². The van der Waals surface area contributed by atoms with E-state index in [2.05, 4.69) is 5.32 Å². The number of nitrogens with two attached hydrogens (primary N) is 1. The Morgan fingerprint density at radius 2 is 1.76 bits per heavy atom. The smallest absolute Gasteiger partial charge is 0.244 e. The van der Waals surface area contributed by atoms with Crippen LogP contribution in [0.4, 0.5) is 0 Å². The standard InChI is InChI=1S/C34H37N5O5S/c1-44-29-14-12-26-13-15-30(21-28(26)20-29)45(42,43)39(23-32(40)37-17-6-10-24-7-3-2-4-8-24)31-16-18-38(34(31)41)22-25-9-5-11-27(19-25)33(35)36/h2-5,7-9,11-15,19-21,31H,6,10,16-18,22-23H2,1H3,(H3,35,36)(H,37,40)/t31-/m0/s1. The van der Waals surface area contributed by atoms with Crippen LogP contribution in [0.5, 0.6) is 5.75 Å². The topological polar surface area (TPSA) is 146 Å². The Morgan fingerprint density at radius 3 is 2.51 bits per heavy atom.